The number of hydrogen-bond acceptors (Lipinski definition) is 1. The predicted octanol–water partition coefficient (Wildman–Crippen LogP) is 2.44. The molecular formula is C9H16F3NO. The Morgan fingerprint density at radius 2 is 1.71 bits per heavy atom. The first kappa shape index (κ1) is 13.3. The van der Waals surface area contributed by atoms with Crippen LogP contribution in [0.25, 0.3) is 0 Å². The lowest BCUT2D eigenvalue weighted by Gasteiger charge is -2.32. The molecule has 0 aliphatic carbocycles. The van der Waals surface area contributed by atoms with Gasteiger partial charge in [-0.1, -0.05) is 13.3 Å². The fraction of sp³-hybridized carbons (Fsp3) is 0.889. The zero-order valence-corrected chi connectivity index (χ0v) is 8.90. The van der Waals surface area contributed by atoms with E-state index in [1.165, 1.54) is 14.1 Å². The van der Waals surface area contributed by atoms with Crippen molar-refractivity contribution in [2.45, 2.75) is 32.9 Å². The van der Waals surface area contributed by atoms with Crippen molar-refractivity contribution in [3.8, 4) is 0 Å². The van der Waals surface area contributed by atoms with Crippen LogP contribution < -0.4 is 0 Å². The molecule has 0 N–H and O–H groups in total. The van der Waals surface area contributed by atoms with Gasteiger partial charge >= 0.3 is 6.18 Å². The monoisotopic (exact) mass is 211 g/mol. The van der Waals surface area contributed by atoms with Crippen LogP contribution in [0.2, 0.25) is 0 Å². The first-order valence-corrected chi connectivity index (χ1v) is 4.45. The third-order valence-electron chi connectivity index (χ3n) is 2.25. The molecule has 0 spiro atoms. The van der Waals surface area contributed by atoms with Gasteiger partial charge in [0.15, 0.2) is 0 Å². The molecule has 14 heavy (non-hydrogen) atoms. The second-order valence-electron chi connectivity index (χ2n) is 3.78. The Hall–Kier alpha value is -0.740. The number of halogens is 3. The molecule has 0 aromatic heterocycles. The molecule has 0 saturated carbocycles. The van der Waals surface area contributed by atoms with Crippen molar-refractivity contribution >= 4 is 5.91 Å². The number of alkyl halides is 3. The Balaban J connectivity index is 5.00. The van der Waals surface area contributed by atoms with Crippen molar-refractivity contribution in [1.82, 2.24) is 4.90 Å². The highest BCUT2D eigenvalue weighted by Gasteiger charge is 2.56. The predicted molar refractivity (Wildman–Crippen MR) is 47.8 cm³/mol. The largest absolute Gasteiger partial charge is 0.402 e. The van der Waals surface area contributed by atoms with E-state index in [1.807, 2.05) is 0 Å². The van der Waals surface area contributed by atoms with Crippen molar-refractivity contribution < 1.29 is 18.0 Å². The van der Waals surface area contributed by atoms with Crippen molar-refractivity contribution in [2.75, 3.05) is 14.1 Å². The molecule has 0 aromatic rings. The summed E-state index contributed by atoms with van der Waals surface area (Å²) in [7, 11) is 2.67. The smallest absolute Gasteiger partial charge is 0.348 e. The van der Waals surface area contributed by atoms with E-state index in [9.17, 15) is 18.0 Å². The molecule has 5 heteroatoms. The fourth-order valence-electron chi connectivity index (χ4n) is 1.36. The van der Waals surface area contributed by atoms with Crippen LogP contribution in [-0.2, 0) is 4.79 Å². The number of nitrogens with zero attached hydrogens (tertiary/aromatic N) is 1. The lowest BCUT2D eigenvalue weighted by Crippen LogP contribution is -2.48. The lowest BCUT2D eigenvalue weighted by atomic mass is 9.83. The Morgan fingerprint density at radius 3 is 1.93 bits per heavy atom. The summed E-state index contributed by atoms with van der Waals surface area (Å²) in [5, 5.41) is 0. The first-order valence-electron chi connectivity index (χ1n) is 4.45. The average Bonchev–Trinajstić information content (AvgIpc) is 2.01. The molecule has 1 amide bonds. The Morgan fingerprint density at radius 1 is 1.29 bits per heavy atom. The van der Waals surface area contributed by atoms with Crippen LogP contribution in [0.4, 0.5) is 13.2 Å². The zero-order chi connectivity index (χ0) is 11.6. The summed E-state index contributed by atoms with van der Waals surface area (Å²) in [6.45, 7) is 2.59. The SMILES string of the molecule is CCCC(C)(C(=O)N(C)C)C(F)(F)F. The van der Waals surface area contributed by atoms with Gasteiger partial charge in [-0.3, -0.25) is 4.79 Å². The Kier molecular flexibility index (Phi) is 3.97. The minimum absolute atomic E-state index is 0.173. The van der Waals surface area contributed by atoms with E-state index in [0.29, 0.717) is 6.42 Å². The van der Waals surface area contributed by atoms with E-state index in [1.54, 1.807) is 6.92 Å². The van der Waals surface area contributed by atoms with Gasteiger partial charge in [-0.05, 0) is 13.3 Å². The molecule has 0 rings (SSSR count). The quantitative estimate of drug-likeness (QED) is 0.702. The maximum atomic E-state index is 12.7. The van der Waals surface area contributed by atoms with Gasteiger partial charge < -0.3 is 4.90 Å². The second kappa shape index (κ2) is 4.19. The summed E-state index contributed by atoms with van der Waals surface area (Å²) in [5.41, 5.74) is -2.24. The molecule has 0 aliphatic rings. The number of rotatable bonds is 3. The van der Waals surface area contributed by atoms with Gasteiger partial charge in [0.1, 0.15) is 5.41 Å². The number of hydrogen-bond donors (Lipinski definition) is 0. The first-order chi connectivity index (χ1) is 6.16. The summed E-state index contributed by atoms with van der Waals surface area (Å²) in [5.74, 6) is -0.883. The second-order valence-corrected chi connectivity index (χ2v) is 3.78. The van der Waals surface area contributed by atoms with Crippen molar-refractivity contribution in [3.05, 3.63) is 0 Å². The summed E-state index contributed by atoms with van der Waals surface area (Å²) in [4.78, 5) is 12.4. The van der Waals surface area contributed by atoms with Gasteiger partial charge in [-0.25, -0.2) is 0 Å². The van der Waals surface area contributed by atoms with Gasteiger partial charge in [0.25, 0.3) is 0 Å². The van der Waals surface area contributed by atoms with Crippen LogP contribution in [0.3, 0.4) is 0 Å². The minimum atomic E-state index is -4.48. The highest BCUT2D eigenvalue weighted by molar-refractivity contribution is 5.82. The average molecular weight is 211 g/mol. The van der Waals surface area contributed by atoms with E-state index in [0.717, 1.165) is 11.8 Å². The number of carbonyl (C=O) groups excluding carboxylic acids is 1. The van der Waals surface area contributed by atoms with Crippen LogP contribution in [0.15, 0.2) is 0 Å². The van der Waals surface area contributed by atoms with Gasteiger partial charge in [0.2, 0.25) is 5.91 Å². The Labute approximate surface area is 82.1 Å². The molecule has 84 valence electrons. The van der Waals surface area contributed by atoms with E-state index in [2.05, 4.69) is 0 Å². The van der Waals surface area contributed by atoms with Gasteiger partial charge in [0.05, 0.1) is 0 Å². The molecule has 1 unspecified atom stereocenters. The van der Waals surface area contributed by atoms with Gasteiger partial charge in [-0.2, -0.15) is 13.2 Å². The summed E-state index contributed by atoms with van der Waals surface area (Å²) >= 11 is 0. The molecule has 0 radical (unpaired) electrons. The lowest BCUT2D eigenvalue weighted by molar-refractivity contribution is -0.223. The normalized spacial score (nSPS) is 16.2. The standard InChI is InChI=1S/C9H16F3NO/c1-5-6-8(2,9(10,11)12)7(14)13(3)4/h5-6H2,1-4H3. The van der Waals surface area contributed by atoms with Crippen LogP contribution in [0, 0.1) is 5.41 Å². The highest BCUT2D eigenvalue weighted by Crippen LogP contribution is 2.42. The van der Waals surface area contributed by atoms with E-state index in [-0.39, 0.29) is 6.42 Å². The molecule has 2 nitrogen and oxygen atoms in total. The maximum absolute atomic E-state index is 12.7. The zero-order valence-electron chi connectivity index (χ0n) is 8.90. The minimum Gasteiger partial charge on any atom is -0.348 e. The van der Waals surface area contributed by atoms with E-state index >= 15 is 0 Å². The van der Waals surface area contributed by atoms with Crippen LogP contribution in [0.1, 0.15) is 26.7 Å². The summed E-state index contributed by atoms with van der Waals surface area (Å²) < 4.78 is 38.0. The third kappa shape index (κ3) is 2.39. The molecular weight excluding hydrogens is 195 g/mol. The molecule has 1 atom stereocenters. The molecule has 0 aromatic carbocycles. The van der Waals surface area contributed by atoms with E-state index in [4.69, 9.17) is 0 Å². The third-order valence-corrected chi connectivity index (χ3v) is 2.25. The molecule has 0 heterocycles. The van der Waals surface area contributed by atoms with Crippen LogP contribution in [0.5, 0.6) is 0 Å². The molecule has 0 aliphatic heterocycles. The Bertz CT molecular complexity index is 213. The maximum Gasteiger partial charge on any atom is 0.402 e. The fourth-order valence-corrected chi connectivity index (χ4v) is 1.36. The van der Waals surface area contributed by atoms with E-state index < -0.39 is 17.5 Å². The van der Waals surface area contributed by atoms with Gasteiger partial charge in [-0.15, -0.1) is 0 Å². The highest BCUT2D eigenvalue weighted by atomic mass is 19.4. The topological polar surface area (TPSA) is 20.3 Å². The van der Waals surface area contributed by atoms with Crippen molar-refractivity contribution in [1.29, 1.82) is 0 Å². The summed E-state index contributed by atoms with van der Waals surface area (Å²) in [6.07, 6.45) is -4.33. The molecule has 0 fully saturated rings. The molecule has 0 bridgehead atoms. The van der Waals surface area contributed by atoms with Crippen LogP contribution >= 0.6 is 0 Å². The number of amides is 1. The van der Waals surface area contributed by atoms with Gasteiger partial charge in [0, 0.05) is 14.1 Å². The summed E-state index contributed by atoms with van der Waals surface area (Å²) in [6, 6.07) is 0. The molecule has 0 saturated heterocycles. The number of carbonyl (C=O) groups is 1. The van der Waals surface area contributed by atoms with Crippen LogP contribution in [-0.4, -0.2) is 31.1 Å². The van der Waals surface area contributed by atoms with Crippen molar-refractivity contribution in [3.63, 3.8) is 0 Å². The van der Waals surface area contributed by atoms with Crippen molar-refractivity contribution in [2.24, 2.45) is 5.41 Å².